The van der Waals surface area contributed by atoms with E-state index in [1.165, 1.54) is 13.8 Å². The Morgan fingerprint density at radius 1 is 1.06 bits per heavy atom. The molecule has 0 aromatic carbocycles. The van der Waals surface area contributed by atoms with Crippen LogP contribution in [0.4, 0.5) is 8.78 Å². The molecular weight excluding hydrogens is 442 g/mol. The Bertz CT molecular complexity index is 861. The van der Waals surface area contributed by atoms with Crippen LogP contribution in [0.5, 0.6) is 0 Å². The van der Waals surface area contributed by atoms with Crippen LogP contribution in [0.2, 0.25) is 0 Å². The van der Waals surface area contributed by atoms with Gasteiger partial charge in [-0.2, -0.15) is 17.2 Å². The van der Waals surface area contributed by atoms with Gasteiger partial charge in [0, 0.05) is 11.8 Å². The normalized spacial score (nSPS) is 34.2. The molecular formula is C19H26F2O9S. The van der Waals surface area contributed by atoms with Gasteiger partial charge in [0.25, 0.3) is 0 Å². The fraction of sp³-hybridized carbons (Fsp3) is 0.895. The number of carbonyl (C=O) groups is 2. The molecule has 2 unspecified atom stereocenters. The Kier molecular flexibility index (Phi) is 5.20. The van der Waals surface area contributed by atoms with Crippen molar-refractivity contribution in [2.45, 2.75) is 62.6 Å². The zero-order valence-corrected chi connectivity index (χ0v) is 18.1. The van der Waals surface area contributed by atoms with E-state index in [4.69, 9.17) is 18.8 Å². The lowest BCUT2D eigenvalue weighted by Crippen LogP contribution is -2.65. The zero-order chi connectivity index (χ0) is 22.9. The molecule has 176 valence electrons. The lowest BCUT2D eigenvalue weighted by Gasteiger charge is -2.62. The molecule has 1 N–H and O–H groups in total. The highest BCUT2D eigenvalue weighted by Crippen LogP contribution is 2.63. The molecule has 9 nitrogen and oxygen atoms in total. The van der Waals surface area contributed by atoms with Gasteiger partial charge in [0.1, 0.15) is 12.2 Å². The van der Waals surface area contributed by atoms with Crippen molar-refractivity contribution in [1.82, 2.24) is 0 Å². The average molecular weight is 468 g/mol. The Morgan fingerprint density at radius 2 is 1.61 bits per heavy atom. The molecule has 1 spiro atoms. The molecule has 0 amide bonds. The molecule has 4 saturated carbocycles. The van der Waals surface area contributed by atoms with Crippen molar-refractivity contribution in [2.24, 2.45) is 23.2 Å². The second kappa shape index (κ2) is 7.06. The van der Waals surface area contributed by atoms with E-state index < -0.39 is 50.7 Å². The largest absolute Gasteiger partial charge is 0.465 e. The summed E-state index contributed by atoms with van der Waals surface area (Å²) in [5.41, 5.74) is -2.22. The maximum atomic E-state index is 13.4. The standard InChI is InChI=1S/C19H26F2O9S/c1-16(2,10-27-15(23)19(20,21)31(24,25)26)14(22)30-17-7-11-5-12(8-17)18(13(6-11)9-17)28-3-4-29-18/h11-13H,3-10H2,1-2H3,(H,24,25,26). The van der Waals surface area contributed by atoms with Gasteiger partial charge in [-0.25, -0.2) is 4.79 Å². The molecule has 1 saturated heterocycles. The summed E-state index contributed by atoms with van der Waals surface area (Å²) in [4.78, 5) is 24.3. The summed E-state index contributed by atoms with van der Waals surface area (Å²) in [6, 6.07) is 0. The zero-order valence-electron chi connectivity index (χ0n) is 17.3. The molecule has 0 aromatic rings. The Hall–Kier alpha value is -1.37. The molecule has 0 radical (unpaired) electrons. The smallest absolute Gasteiger partial charge is 0.459 e. The lowest BCUT2D eigenvalue weighted by atomic mass is 9.51. The minimum absolute atomic E-state index is 0.100. The first kappa shape index (κ1) is 22.8. The highest BCUT2D eigenvalue weighted by atomic mass is 32.2. The minimum Gasteiger partial charge on any atom is -0.459 e. The van der Waals surface area contributed by atoms with Gasteiger partial charge >= 0.3 is 27.3 Å². The number of halogens is 2. The summed E-state index contributed by atoms with van der Waals surface area (Å²) < 4.78 is 78.8. The van der Waals surface area contributed by atoms with Crippen LogP contribution in [0.3, 0.4) is 0 Å². The number of rotatable bonds is 6. The van der Waals surface area contributed by atoms with Gasteiger partial charge in [0.15, 0.2) is 5.79 Å². The molecule has 5 rings (SSSR count). The quantitative estimate of drug-likeness (QED) is 0.459. The van der Waals surface area contributed by atoms with E-state index in [1.54, 1.807) is 0 Å². The van der Waals surface area contributed by atoms with Gasteiger partial charge in [-0.15, -0.1) is 0 Å². The summed E-state index contributed by atoms with van der Waals surface area (Å²) in [5.74, 6) is -3.23. The van der Waals surface area contributed by atoms with E-state index in [-0.39, 0.29) is 11.8 Å². The van der Waals surface area contributed by atoms with Crippen molar-refractivity contribution in [1.29, 1.82) is 0 Å². The van der Waals surface area contributed by atoms with Crippen LogP contribution in [0.25, 0.3) is 0 Å². The Morgan fingerprint density at radius 3 is 2.13 bits per heavy atom. The van der Waals surface area contributed by atoms with Crippen molar-refractivity contribution in [3.63, 3.8) is 0 Å². The van der Waals surface area contributed by atoms with Crippen LogP contribution in [0.1, 0.15) is 46.0 Å². The van der Waals surface area contributed by atoms with Gasteiger partial charge < -0.3 is 18.9 Å². The number of ether oxygens (including phenoxy) is 4. The van der Waals surface area contributed by atoms with Gasteiger partial charge in [-0.1, -0.05) is 0 Å². The molecule has 31 heavy (non-hydrogen) atoms. The topological polar surface area (TPSA) is 125 Å². The van der Waals surface area contributed by atoms with Crippen molar-refractivity contribution in [3.05, 3.63) is 0 Å². The number of esters is 2. The molecule has 4 bridgehead atoms. The van der Waals surface area contributed by atoms with Gasteiger partial charge in [0.2, 0.25) is 0 Å². The SMILES string of the molecule is CC(C)(COC(=O)C(F)(F)S(=O)(=O)O)C(=O)OC12CC3CC(C1)C1(OCCO1)C(C3)C2. The van der Waals surface area contributed by atoms with Crippen LogP contribution in [-0.2, 0) is 38.7 Å². The van der Waals surface area contributed by atoms with Gasteiger partial charge in [-0.05, 0) is 51.9 Å². The number of alkyl halides is 2. The third kappa shape index (κ3) is 3.65. The van der Waals surface area contributed by atoms with E-state index in [9.17, 15) is 26.8 Å². The fourth-order valence-electron chi connectivity index (χ4n) is 5.72. The van der Waals surface area contributed by atoms with E-state index in [1.807, 2.05) is 0 Å². The number of hydrogen-bond acceptors (Lipinski definition) is 8. The van der Waals surface area contributed by atoms with Crippen LogP contribution < -0.4 is 0 Å². The third-order valence-electron chi connectivity index (χ3n) is 7.00. The molecule has 5 aliphatic rings. The molecule has 12 heteroatoms. The number of carbonyl (C=O) groups excluding carboxylic acids is 2. The molecule has 2 atom stereocenters. The average Bonchev–Trinajstić information content (AvgIpc) is 3.13. The molecule has 5 fully saturated rings. The summed E-state index contributed by atoms with van der Waals surface area (Å²) in [5, 5.41) is -5.12. The first-order chi connectivity index (χ1) is 14.2. The summed E-state index contributed by atoms with van der Waals surface area (Å²) in [7, 11) is -5.98. The highest BCUT2D eigenvalue weighted by molar-refractivity contribution is 7.87. The molecule has 1 heterocycles. The van der Waals surface area contributed by atoms with Crippen molar-refractivity contribution < 1.29 is 50.3 Å². The summed E-state index contributed by atoms with van der Waals surface area (Å²) >= 11 is 0. The monoisotopic (exact) mass is 468 g/mol. The van der Waals surface area contributed by atoms with E-state index in [0.29, 0.717) is 38.4 Å². The van der Waals surface area contributed by atoms with E-state index in [0.717, 1.165) is 12.8 Å². The van der Waals surface area contributed by atoms with Crippen LogP contribution in [0.15, 0.2) is 0 Å². The second-order valence-electron chi connectivity index (χ2n) is 9.79. The molecule has 4 aliphatic carbocycles. The molecule has 0 aromatic heterocycles. The maximum Gasteiger partial charge on any atom is 0.465 e. The number of hydrogen-bond donors (Lipinski definition) is 1. The predicted molar refractivity (Wildman–Crippen MR) is 98.2 cm³/mol. The van der Waals surface area contributed by atoms with E-state index >= 15 is 0 Å². The molecule has 1 aliphatic heterocycles. The third-order valence-corrected chi connectivity index (χ3v) is 7.81. The minimum atomic E-state index is -5.98. The first-order valence-corrected chi connectivity index (χ1v) is 11.7. The first-order valence-electron chi connectivity index (χ1n) is 10.2. The summed E-state index contributed by atoms with van der Waals surface area (Å²) in [6.45, 7) is 2.94. The van der Waals surface area contributed by atoms with Crippen LogP contribution in [0, 0.1) is 23.2 Å². The highest BCUT2D eigenvalue weighted by Gasteiger charge is 2.66. The summed E-state index contributed by atoms with van der Waals surface area (Å²) in [6.07, 6.45) is 3.70. The van der Waals surface area contributed by atoms with Gasteiger partial charge in [0.05, 0.1) is 18.6 Å². The second-order valence-corrected chi connectivity index (χ2v) is 11.2. The van der Waals surface area contributed by atoms with E-state index in [2.05, 4.69) is 4.74 Å². The van der Waals surface area contributed by atoms with Crippen molar-refractivity contribution in [3.8, 4) is 0 Å². The van der Waals surface area contributed by atoms with Crippen LogP contribution >= 0.6 is 0 Å². The van der Waals surface area contributed by atoms with Crippen molar-refractivity contribution >= 4 is 22.1 Å². The lowest BCUT2D eigenvalue weighted by molar-refractivity contribution is -0.316. The Labute approximate surface area is 178 Å². The predicted octanol–water partition coefficient (Wildman–Crippen LogP) is 1.90. The maximum absolute atomic E-state index is 13.4. The van der Waals surface area contributed by atoms with Crippen LogP contribution in [-0.4, -0.2) is 61.4 Å². The van der Waals surface area contributed by atoms with Gasteiger partial charge in [-0.3, -0.25) is 9.35 Å². The van der Waals surface area contributed by atoms with Crippen molar-refractivity contribution in [2.75, 3.05) is 19.8 Å². The fourth-order valence-corrected chi connectivity index (χ4v) is 5.99. The Balaban J connectivity index is 1.42.